The predicted molar refractivity (Wildman–Crippen MR) is 98.0 cm³/mol. The first-order chi connectivity index (χ1) is 11.6. The molecular weight excluding hydrogens is 296 g/mol. The van der Waals surface area contributed by atoms with Gasteiger partial charge in [0.1, 0.15) is 0 Å². The third-order valence-electron chi connectivity index (χ3n) is 4.62. The molecule has 24 heavy (non-hydrogen) atoms. The second-order valence-corrected chi connectivity index (χ2v) is 7.16. The molecule has 0 aromatic heterocycles. The van der Waals surface area contributed by atoms with E-state index < -0.39 is 5.79 Å². The Labute approximate surface area is 145 Å². The molecule has 2 heteroatoms. The third kappa shape index (κ3) is 5.19. The zero-order valence-corrected chi connectivity index (χ0v) is 14.8. The highest BCUT2D eigenvalue weighted by molar-refractivity contribution is 5.15. The van der Waals surface area contributed by atoms with Gasteiger partial charge >= 0.3 is 0 Å². The number of hydrogen-bond donors (Lipinski definition) is 0. The monoisotopic (exact) mass is 324 g/mol. The van der Waals surface area contributed by atoms with Crippen molar-refractivity contribution in [3.63, 3.8) is 0 Å². The molecule has 1 aliphatic rings. The van der Waals surface area contributed by atoms with E-state index in [-0.39, 0.29) is 12.2 Å². The first-order valence-electron chi connectivity index (χ1n) is 9.04. The van der Waals surface area contributed by atoms with Crippen LogP contribution in [0.3, 0.4) is 0 Å². The van der Waals surface area contributed by atoms with Crippen molar-refractivity contribution < 1.29 is 9.47 Å². The number of rotatable bonds is 6. The second kappa shape index (κ2) is 7.96. The van der Waals surface area contributed by atoms with Gasteiger partial charge in [0.2, 0.25) is 0 Å². The van der Waals surface area contributed by atoms with Crippen molar-refractivity contribution in [2.45, 2.75) is 63.9 Å². The summed E-state index contributed by atoms with van der Waals surface area (Å²) >= 11 is 0. The van der Waals surface area contributed by atoms with Crippen LogP contribution in [0.2, 0.25) is 0 Å². The molecule has 3 rings (SSSR count). The van der Waals surface area contributed by atoms with Gasteiger partial charge in [-0.3, -0.25) is 0 Å². The Morgan fingerprint density at radius 1 is 0.750 bits per heavy atom. The smallest absolute Gasteiger partial charge is 0.163 e. The van der Waals surface area contributed by atoms with Crippen molar-refractivity contribution in [1.29, 1.82) is 0 Å². The van der Waals surface area contributed by atoms with Crippen LogP contribution in [0.1, 0.15) is 44.2 Å². The lowest BCUT2D eigenvalue weighted by atomic mass is 9.97. The van der Waals surface area contributed by atoms with Crippen LogP contribution >= 0.6 is 0 Å². The van der Waals surface area contributed by atoms with Gasteiger partial charge in [-0.1, -0.05) is 60.7 Å². The molecule has 1 heterocycles. The SMILES string of the molecule is CC1(C)O[C@H](CCc2ccccc2)C[C@H](CCc2ccccc2)O1. The lowest BCUT2D eigenvalue weighted by molar-refractivity contribution is -0.301. The Kier molecular flexibility index (Phi) is 5.70. The molecule has 0 amide bonds. The Morgan fingerprint density at radius 2 is 1.17 bits per heavy atom. The summed E-state index contributed by atoms with van der Waals surface area (Å²) in [6.07, 6.45) is 5.77. The minimum Gasteiger partial charge on any atom is -0.347 e. The summed E-state index contributed by atoms with van der Waals surface area (Å²) in [5.74, 6) is -0.485. The Balaban J connectivity index is 1.54. The molecule has 1 aliphatic heterocycles. The molecule has 2 aromatic rings. The van der Waals surface area contributed by atoms with Crippen molar-refractivity contribution in [2.75, 3.05) is 0 Å². The minimum absolute atomic E-state index is 0.273. The van der Waals surface area contributed by atoms with E-state index in [1.807, 2.05) is 13.8 Å². The fraction of sp³-hybridized carbons (Fsp3) is 0.455. The number of ether oxygens (including phenoxy) is 2. The van der Waals surface area contributed by atoms with E-state index in [1.54, 1.807) is 0 Å². The van der Waals surface area contributed by atoms with Crippen molar-refractivity contribution >= 4 is 0 Å². The van der Waals surface area contributed by atoms with Crippen LogP contribution in [0.25, 0.3) is 0 Å². The quantitative estimate of drug-likeness (QED) is 0.730. The maximum Gasteiger partial charge on any atom is 0.163 e. The molecule has 2 atom stereocenters. The topological polar surface area (TPSA) is 18.5 Å². The van der Waals surface area contributed by atoms with Crippen LogP contribution in [0.5, 0.6) is 0 Å². The summed E-state index contributed by atoms with van der Waals surface area (Å²) in [4.78, 5) is 0. The van der Waals surface area contributed by atoms with Gasteiger partial charge in [-0.2, -0.15) is 0 Å². The largest absolute Gasteiger partial charge is 0.347 e. The van der Waals surface area contributed by atoms with Crippen molar-refractivity contribution in [3.05, 3.63) is 71.8 Å². The average Bonchev–Trinajstić information content (AvgIpc) is 2.59. The average molecular weight is 324 g/mol. The van der Waals surface area contributed by atoms with Gasteiger partial charge in [0.05, 0.1) is 12.2 Å². The molecule has 2 aromatic carbocycles. The predicted octanol–water partition coefficient (Wildman–Crippen LogP) is 5.16. The fourth-order valence-corrected chi connectivity index (χ4v) is 3.52. The van der Waals surface area contributed by atoms with Gasteiger partial charge in [0, 0.05) is 6.42 Å². The Hall–Kier alpha value is -1.64. The number of benzene rings is 2. The van der Waals surface area contributed by atoms with E-state index in [0.29, 0.717) is 0 Å². The molecule has 0 spiro atoms. The third-order valence-corrected chi connectivity index (χ3v) is 4.62. The van der Waals surface area contributed by atoms with Gasteiger partial charge in [-0.15, -0.1) is 0 Å². The first-order valence-corrected chi connectivity index (χ1v) is 9.04. The summed E-state index contributed by atoms with van der Waals surface area (Å²) in [6, 6.07) is 21.3. The van der Waals surface area contributed by atoms with Crippen LogP contribution in [-0.4, -0.2) is 18.0 Å². The summed E-state index contributed by atoms with van der Waals surface area (Å²) < 4.78 is 12.3. The van der Waals surface area contributed by atoms with E-state index in [1.165, 1.54) is 11.1 Å². The molecule has 0 aliphatic carbocycles. The van der Waals surface area contributed by atoms with E-state index in [0.717, 1.165) is 32.1 Å². The summed E-state index contributed by atoms with van der Waals surface area (Å²) in [7, 11) is 0. The standard InChI is InChI=1S/C22H28O2/c1-22(2)23-20(15-13-18-9-5-3-6-10-18)17-21(24-22)16-14-19-11-7-4-8-12-19/h3-12,20-21H,13-17H2,1-2H3/t20-,21+. The Bertz CT molecular complexity index is 553. The summed E-state index contributed by atoms with van der Waals surface area (Å²) in [6.45, 7) is 4.08. The lowest BCUT2D eigenvalue weighted by Crippen LogP contribution is -2.44. The van der Waals surface area contributed by atoms with Crippen LogP contribution < -0.4 is 0 Å². The summed E-state index contributed by atoms with van der Waals surface area (Å²) in [5, 5.41) is 0. The molecule has 0 radical (unpaired) electrons. The maximum absolute atomic E-state index is 6.16. The van der Waals surface area contributed by atoms with Crippen LogP contribution in [0, 0.1) is 0 Å². The highest BCUT2D eigenvalue weighted by Gasteiger charge is 2.34. The van der Waals surface area contributed by atoms with Crippen molar-refractivity contribution in [1.82, 2.24) is 0 Å². The van der Waals surface area contributed by atoms with Crippen LogP contribution in [-0.2, 0) is 22.3 Å². The molecule has 2 nitrogen and oxygen atoms in total. The van der Waals surface area contributed by atoms with Crippen LogP contribution in [0.4, 0.5) is 0 Å². The molecule has 0 saturated carbocycles. The highest BCUT2D eigenvalue weighted by atomic mass is 16.7. The first kappa shape index (κ1) is 17.2. The zero-order chi connectivity index (χ0) is 16.8. The minimum atomic E-state index is -0.485. The number of hydrogen-bond acceptors (Lipinski definition) is 2. The normalized spacial score (nSPS) is 23.1. The number of aryl methyl sites for hydroxylation is 2. The molecule has 1 fully saturated rings. The van der Waals surface area contributed by atoms with Gasteiger partial charge in [-0.25, -0.2) is 0 Å². The van der Waals surface area contributed by atoms with Crippen molar-refractivity contribution in [2.24, 2.45) is 0 Å². The molecule has 0 N–H and O–H groups in total. The lowest BCUT2D eigenvalue weighted by Gasteiger charge is -2.41. The molecular formula is C22H28O2. The van der Waals surface area contributed by atoms with E-state index in [2.05, 4.69) is 60.7 Å². The molecule has 1 saturated heterocycles. The van der Waals surface area contributed by atoms with Gasteiger partial charge in [-0.05, 0) is 50.7 Å². The second-order valence-electron chi connectivity index (χ2n) is 7.16. The summed E-state index contributed by atoms with van der Waals surface area (Å²) in [5.41, 5.74) is 2.76. The van der Waals surface area contributed by atoms with Gasteiger partial charge in [0.15, 0.2) is 5.79 Å². The van der Waals surface area contributed by atoms with E-state index >= 15 is 0 Å². The molecule has 128 valence electrons. The van der Waals surface area contributed by atoms with Crippen LogP contribution in [0.15, 0.2) is 60.7 Å². The Morgan fingerprint density at radius 3 is 1.58 bits per heavy atom. The zero-order valence-electron chi connectivity index (χ0n) is 14.8. The maximum atomic E-state index is 6.16. The van der Waals surface area contributed by atoms with Crippen molar-refractivity contribution in [3.8, 4) is 0 Å². The van der Waals surface area contributed by atoms with Gasteiger partial charge < -0.3 is 9.47 Å². The van der Waals surface area contributed by atoms with E-state index in [9.17, 15) is 0 Å². The highest BCUT2D eigenvalue weighted by Crippen LogP contribution is 2.31. The fourth-order valence-electron chi connectivity index (χ4n) is 3.52. The van der Waals surface area contributed by atoms with E-state index in [4.69, 9.17) is 9.47 Å². The molecule has 0 bridgehead atoms. The van der Waals surface area contributed by atoms with Gasteiger partial charge in [0.25, 0.3) is 0 Å². The molecule has 0 unspecified atom stereocenters.